The zero-order valence-corrected chi connectivity index (χ0v) is 12.1. The second-order valence-electron chi connectivity index (χ2n) is 4.01. The first-order valence-corrected chi connectivity index (χ1v) is 7.45. The van der Waals surface area contributed by atoms with Gasteiger partial charge in [-0.25, -0.2) is 13.1 Å². The molecule has 0 saturated heterocycles. The maximum Gasteiger partial charge on any atom is 0.241 e. The predicted molar refractivity (Wildman–Crippen MR) is 75.2 cm³/mol. The van der Waals surface area contributed by atoms with Crippen LogP contribution in [0.4, 0.5) is 0 Å². The van der Waals surface area contributed by atoms with Gasteiger partial charge in [0.2, 0.25) is 10.0 Å². The van der Waals surface area contributed by atoms with Crippen molar-refractivity contribution in [2.75, 3.05) is 0 Å². The molecule has 0 amide bonds. The molecule has 8 nitrogen and oxygen atoms in total. The summed E-state index contributed by atoms with van der Waals surface area (Å²) < 4.78 is 26.9. The summed E-state index contributed by atoms with van der Waals surface area (Å²) in [5, 5.41) is 13.1. The Labute approximate surface area is 120 Å². The molecule has 0 spiro atoms. The second-order valence-corrected chi connectivity index (χ2v) is 6.16. The molecule has 1 unspecified atom stereocenters. The number of benzene rings is 1. The number of rotatable bonds is 5. The highest BCUT2D eigenvalue weighted by atomic mass is 32.2. The Balaban J connectivity index is 2.26. The van der Waals surface area contributed by atoms with Gasteiger partial charge in [-0.15, -0.1) is 10.2 Å². The Morgan fingerprint density at radius 3 is 2.85 bits per heavy atom. The fourth-order valence-electron chi connectivity index (χ4n) is 1.52. The molecule has 1 heterocycles. The Morgan fingerprint density at radius 1 is 1.50 bits per heavy atom. The zero-order valence-electron chi connectivity index (χ0n) is 10.4. The highest BCUT2D eigenvalue weighted by Gasteiger charge is 2.21. The summed E-state index contributed by atoms with van der Waals surface area (Å²) in [5.74, 6) is 0.249. The molecule has 0 bridgehead atoms. The van der Waals surface area contributed by atoms with E-state index in [1.807, 2.05) is 0 Å². The summed E-state index contributed by atoms with van der Waals surface area (Å²) in [6, 6.07) is 5.46. The van der Waals surface area contributed by atoms with E-state index >= 15 is 0 Å². The minimum Gasteiger partial charge on any atom is -0.389 e. The summed E-state index contributed by atoms with van der Waals surface area (Å²) in [6.07, 6.45) is 0. The van der Waals surface area contributed by atoms with E-state index in [2.05, 4.69) is 25.3 Å². The van der Waals surface area contributed by atoms with Crippen LogP contribution in [0.3, 0.4) is 0 Å². The third kappa shape index (κ3) is 3.15. The van der Waals surface area contributed by atoms with Crippen LogP contribution in [0.15, 0.2) is 29.2 Å². The minimum atomic E-state index is -3.73. The zero-order chi connectivity index (χ0) is 14.8. The minimum absolute atomic E-state index is 0.0677. The van der Waals surface area contributed by atoms with Crippen molar-refractivity contribution >= 4 is 27.2 Å². The molecule has 0 aliphatic rings. The average Bonchev–Trinajstić information content (AvgIpc) is 2.92. The van der Waals surface area contributed by atoms with Crippen LogP contribution in [0.25, 0.3) is 0 Å². The Hall–Kier alpha value is -1.91. The molecular formula is C10H12N6O2S2. The standard InChI is InChI=1S/C10H12N6O2S2/c1-6(10-12-15-16-13-10)14-20(17,18)8-4-2-3-7(5-8)9(11)19/h2-6,14H,1H3,(H2,11,19)(H,12,13,15,16). The van der Waals surface area contributed by atoms with Crippen LogP contribution in [0.1, 0.15) is 24.4 Å². The van der Waals surface area contributed by atoms with Gasteiger partial charge >= 0.3 is 0 Å². The molecule has 0 radical (unpaired) electrons. The second kappa shape index (κ2) is 5.61. The molecule has 0 aliphatic heterocycles. The number of hydrogen-bond donors (Lipinski definition) is 3. The van der Waals surface area contributed by atoms with Crippen molar-refractivity contribution in [2.24, 2.45) is 5.73 Å². The molecule has 2 rings (SSSR count). The van der Waals surface area contributed by atoms with Crippen LogP contribution in [0.2, 0.25) is 0 Å². The van der Waals surface area contributed by atoms with Crippen LogP contribution in [0, 0.1) is 0 Å². The quantitative estimate of drug-likeness (QED) is 0.656. The van der Waals surface area contributed by atoms with Crippen LogP contribution >= 0.6 is 12.2 Å². The van der Waals surface area contributed by atoms with E-state index in [4.69, 9.17) is 18.0 Å². The van der Waals surface area contributed by atoms with Gasteiger partial charge in [0.1, 0.15) is 4.99 Å². The number of nitrogens with two attached hydrogens (primary N) is 1. The van der Waals surface area contributed by atoms with E-state index in [-0.39, 0.29) is 15.7 Å². The Bertz CT molecular complexity index is 713. The van der Waals surface area contributed by atoms with Gasteiger partial charge in [0.15, 0.2) is 5.82 Å². The SMILES string of the molecule is CC(NS(=O)(=O)c1cccc(C(N)=S)c1)c1nn[nH]n1. The van der Waals surface area contributed by atoms with Gasteiger partial charge in [-0.3, -0.25) is 0 Å². The topological polar surface area (TPSA) is 127 Å². The molecular weight excluding hydrogens is 300 g/mol. The largest absolute Gasteiger partial charge is 0.389 e. The summed E-state index contributed by atoms with van der Waals surface area (Å²) in [6.45, 7) is 1.61. The number of aromatic amines is 1. The first-order chi connectivity index (χ1) is 9.40. The first-order valence-electron chi connectivity index (χ1n) is 5.55. The molecule has 1 aromatic carbocycles. The van der Waals surface area contributed by atoms with Crippen LogP contribution in [-0.2, 0) is 10.0 Å². The van der Waals surface area contributed by atoms with Crippen molar-refractivity contribution in [3.05, 3.63) is 35.7 Å². The van der Waals surface area contributed by atoms with E-state index in [0.717, 1.165) is 0 Å². The van der Waals surface area contributed by atoms with E-state index in [1.165, 1.54) is 12.1 Å². The number of nitrogens with one attached hydrogen (secondary N) is 2. The normalized spacial score (nSPS) is 13.1. The number of tetrazole rings is 1. The number of nitrogens with zero attached hydrogens (tertiary/aromatic N) is 3. The maximum atomic E-state index is 12.2. The van der Waals surface area contributed by atoms with Gasteiger partial charge in [-0.1, -0.05) is 29.6 Å². The van der Waals surface area contributed by atoms with Gasteiger partial charge < -0.3 is 5.73 Å². The lowest BCUT2D eigenvalue weighted by Crippen LogP contribution is -2.28. The number of hydrogen-bond acceptors (Lipinski definition) is 6. The summed E-state index contributed by atoms with van der Waals surface area (Å²) in [5.41, 5.74) is 5.97. The maximum absolute atomic E-state index is 12.2. The molecule has 0 saturated carbocycles. The molecule has 1 aromatic heterocycles. The Morgan fingerprint density at radius 2 is 2.25 bits per heavy atom. The van der Waals surface area contributed by atoms with Gasteiger partial charge in [-0.2, -0.15) is 5.21 Å². The molecule has 4 N–H and O–H groups in total. The van der Waals surface area contributed by atoms with Crippen molar-refractivity contribution < 1.29 is 8.42 Å². The Kier molecular flexibility index (Phi) is 4.06. The number of H-pyrrole nitrogens is 1. The third-order valence-corrected chi connectivity index (χ3v) is 4.28. The van der Waals surface area contributed by atoms with Crippen molar-refractivity contribution in [1.29, 1.82) is 0 Å². The van der Waals surface area contributed by atoms with Crippen molar-refractivity contribution in [3.63, 3.8) is 0 Å². The lowest BCUT2D eigenvalue weighted by Gasteiger charge is -2.11. The fourth-order valence-corrected chi connectivity index (χ4v) is 2.90. The van der Waals surface area contributed by atoms with Gasteiger partial charge in [0.25, 0.3) is 0 Å². The molecule has 10 heteroatoms. The van der Waals surface area contributed by atoms with E-state index in [0.29, 0.717) is 5.56 Å². The van der Waals surface area contributed by atoms with E-state index < -0.39 is 16.1 Å². The smallest absolute Gasteiger partial charge is 0.241 e. The number of thiocarbonyl (C=S) groups is 1. The summed E-state index contributed by atoms with van der Waals surface area (Å²) in [4.78, 5) is 0.200. The van der Waals surface area contributed by atoms with Gasteiger partial charge in [0, 0.05) is 5.56 Å². The van der Waals surface area contributed by atoms with E-state index in [1.54, 1.807) is 19.1 Å². The number of aromatic nitrogens is 4. The molecule has 2 aromatic rings. The first kappa shape index (κ1) is 14.5. The highest BCUT2D eigenvalue weighted by Crippen LogP contribution is 2.15. The van der Waals surface area contributed by atoms with Gasteiger partial charge in [0.05, 0.1) is 10.9 Å². The van der Waals surface area contributed by atoms with Crippen molar-refractivity contribution in [3.8, 4) is 0 Å². The summed E-state index contributed by atoms with van der Waals surface area (Å²) in [7, 11) is -3.73. The van der Waals surface area contributed by atoms with Gasteiger partial charge in [-0.05, 0) is 19.1 Å². The van der Waals surface area contributed by atoms with Crippen LogP contribution < -0.4 is 10.5 Å². The van der Waals surface area contributed by atoms with Crippen LogP contribution in [-0.4, -0.2) is 34.0 Å². The monoisotopic (exact) mass is 312 g/mol. The fraction of sp³-hybridized carbons (Fsp3) is 0.200. The molecule has 0 fully saturated rings. The third-order valence-electron chi connectivity index (χ3n) is 2.51. The lowest BCUT2D eigenvalue weighted by molar-refractivity contribution is 0.560. The number of sulfonamides is 1. The lowest BCUT2D eigenvalue weighted by atomic mass is 10.2. The van der Waals surface area contributed by atoms with Crippen molar-refractivity contribution in [2.45, 2.75) is 17.9 Å². The molecule has 0 aliphatic carbocycles. The van der Waals surface area contributed by atoms with Crippen LogP contribution in [0.5, 0.6) is 0 Å². The average molecular weight is 312 g/mol. The molecule has 1 atom stereocenters. The molecule has 20 heavy (non-hydrogen) atoms. The van der Waals surface area contributed by atoms with E-state index in [9.17, 15) is 8.42 Å². The molecule has 106 valence electrons. The summed E-state index contributed by atoms with van der Waals surface area (Å²) >= 11 is 4.83. The van der Waals surface area contributed by atoms with Crippen molar-refractivity contribution in [1.82, 2.24) is 25.3 Å². The highest BCUT2D eigenvalue weighted by molar-refractivity contribution is 7.89. The predicted octanol–water partition coefficient (Wildman–Crippen LogP) is -0.127.